The van der Waals surface area contributed by atoms with E-state index in [-0.39, 0.29) is 5.56 Å². The van der Waals surface area contributed by atoms with Crippen LogP contribution in [0, 0.1) is 11.3 Å². The molecule has 148 valence electrons. The first-order valence-corrected chi connectivity index (χ1v) is 9.05. The molecule has 7 heteroatoms. The zero-order valence-corrected chi connectivity index (χ0v) is 16.7. The predicted molar refractivity (Wildman–Crippen MR) is 108 cm³/mol. The highest BCUT2D eigenvalue weighted by Crippen LogP contribution is 2.41. The van der Waals surface area contributed by atoms with Gasteiger partial charge in [0.2, 0.25) is 0 Å². The van der Waals surface area contributed by atoms with E-state index in [9.17, 15) is 10.1 Å². The topological polar surface area (TPSA) is 82.7 Å². The standard InChI is InChI=1S/C22H20N2O5/c1-26-17-7-12-5-6-24-21(13(12)8-18(17)27-2)16(11-23)14-9-19(28-3)20(29-4)10-15(14)22(24)25/h7-10H,5-6H2,1-4H3. The summed E-state index contributed by atoms with van der Waals surface area (Å²) in [5.74, 6) is 2.07. The van der Waals surface area contributed by atoms with Crippen LogP contribution < -0.4 is 24.5 Å². The van der Waals surface area contributed by atoms with E-state index in [2.05, 4.69) is 6.07 Å². The molecular formula is C22H20N2O5. The van der Waals surface area contributed by atoms with Gasteiger partial charge in [-0.1, -0.05) is 0 Å². The zero-order chi connectivity index (χ0) is 20.7. The Morgan fingerprint density at radius 1 is 0.862 bits per heavy atom. The van der Waals surface area contributed by atoms with Crippen molar-refractivity contribution in [3.05, 3.63) is 45.7 Å². The van der Waals surface area contributed by atoms with E-state index >= 15 is 0 Å². The molecule has 0 unspecified atom stereocenters. The molecule has 0 spiro atoms. The molecule has 2 heterocycles. The molecule has 2 aromatic carbocycles. The Bertz CT molecular complexity index is 1240. The van der Waals surface area contributed by atoms with E-state index in [0.29, 0.717) is 58.0 Å². The number of hydrogen-bond acceptors (Lipinski definition) is 6. The van der Waals surface area contributed by atoms with Gasteiger partial charge < -0.3 is 23.5 Å². The van der Waals surface area contributed by atoms with Crippen LogP contribution in [-0.2, 0) is 13.0 Å². The number of nitrogens with zero attached hydrogens (tertiary/aromatic N) is 2. The third kappa shape index (κ3) is 2.68. The summed E-state index contributed by atoms with van der Waals surface area (Å²) in [5, 5.41) is 11.0. The SMILES string of the molecule is COc1cc2c(cc1OC)-c1c(C#N)c3cc(OC)c(OC)cc3c(=O)n1CC2. The number of aryl methyl sites for hydroxylation is 1. The summed E-state index contributed by atoms with van der Waals surface area (Å²) in [4.78, 5) is 13.3. The van der Waals surface area contributed by atoms with Crippen molar-refractivity contribution in [2.45, 2.75) is 13.0 Å². The molecule has 0 atom stereocenters. The molecule has 29 heavy (non-hydrogen) atoms. The summed E-state index contributed by atoms with van der Waals surface area (Å²) in [6, 6.07) is 9.34. The molecular weight excluding hydrogens is 372 g/mol. The number of nitriles is 1. The fourth-order valence-corrected chi connectivity index (χ4v) is 3.96. The Labute approximate surface area is 167 Å². The second-order valence-electron chi connectivity index (χ2n) is 6.66. The average molecular weight is 392 g/mol. The molecule has 0 amide bonds. The maximum atomic E-state index is 13.3. The monoisotopic (exact) mass is 392 g/mol. The van der Waals surface area contributed by atoms with E-state index < -0.39 is 0 Å². The van der Waals surface area contributed by atoms with Crippen LogP contribution in [-0.4, -0.2) is 33.0 Å². The molecule has 7 nitrogen and oxygen atoms in total. The minimum absolute atomic E-state index is 0.171. The predicted octanol–water partition coefficient (Wildman–Crippen LogP) is 3.13. The van der Waals surface area contributed by atoms with Gasteiger partial charge in [0.25, 0.3) is 5.56 Å². The van der Waals surface area contributed by atoms with Crippen LogP contribution in [0.2, 0.25) is 0 Å². The van der Waals surface area contributed by atoms with Gasteiger partial charge in [0.05, 0.1) is 45.1 Å². The summed E-state index contributed by atoms with van der Waals surface area (Å²) in [7, 11) is 6.18. The van der Waals surface area contributed by atoms with Crippen LogP contribution in [0.3, 0.4) is 0 Å². The smallest absolute Gasteiger partial charge is 0.259 e. The highest BCUT2D eigenvalue weighted by atomic mass is 16.5. The molecule has 4 rings (SSSR count). The number of hydrogen-bond donors (Lipinski definition) is 0. The Morgan fingerprint density at radius 2 is 1.41 bits per heavy atom. The number of aromatic nitrogens is 1. The first-order valence-electron chi connectivity index (χ1n) is 9.05. The minimum atomic E-state index is -0.171. The van der Waals surface area contributed by atoms with Crippen molar-refractivity contribution in [3.8, 4) is 40.3 Å². The number of fused-ring (bicyclic) bond motifs is 4. The number of rotatable bonds is 4. The van der Waals surface area contributed by atoms with Gasteiger partial charge in [-0.15, -0.1) is 0 Å². The van der Waals surface area contributed by atoms with Crippen LogP contribution in [0.15, 0.2) is 29.1 Å². The Balaban J connectivity index is 2.14. The first kappa shape index (κ1) is 18.7. The average Bonchev–Trinajstić information content (AvgIpc) is 2.77. The lowest BCUT2D eigenvalue weighted by Crippen LogP contribution is -2.27. The van der Waals surface area contributed by atoms with E-state index in [1.54, 1.807) is 30.9 Å². The molecule has 0 fully saturated rings. The summed E-state index contributed by atoms with van der Waals surface area (Å²) in [6.45, 7) is 0.468. The fourth-order valence-electron chi connectivity index (χ4n) is 3.96. The van der Waals surface area contributed by atoms with Crippen molar-refractivity contribution in [1.29, 1.82) is 5.26 Å². The molecule has 0 radical (unpaired) electrons. The number of methoxy groups -OCH3 is 4. The van der Waals surface area contributed by atoms with Crippen molar-refractivity contribution < 1.29 is 18.9 Å². The molecule has 1 aliphatic rings. The van der Waals surface area contributed by atoms with E-state index in [0.717, 1.165) is 11.1 Å². The zero-order valence-electron chi connectivity index (χ0n) is 16.7. The van der Waals surface area contributed by atoms with Gasteiger partial charge in [0.1, 0.15) is 6.07 Å². The van der Waals surface area contributed by atoms with Crippen LogP contribution in [0.4, 0.5) is 0 Å². The van der Waals surface area contributed by atoms with Gasteiger partial charge in [-0.2, -0.15) is 5.26 Å². The van der Waals surface area contributed by atoms with Gasteiger partial charge in [-0.05, 0) is 36.2 Å². The first-order chi connectivity index (χ1) is 14.1. The highest BCUT2D eigenvalue weighted by Gasteiger charge is 2.26. The second-order valence-corrected chi connectivity index (χ2v) is 6.66. The van der Waals surface area contributed by atoms with Crippen molar-refractivity contribution in [2.24, 2.45) is 0 Å². The normalized spacial score (nSPS) is 12.0. The number of benzene rings is 2. The summed E-state index contributed by atoms with van der Waals surface area (Å²) in [6.07, 6.45) is 0.645. The van der Waals surface area contributed by atoms with E-state index in [4.69, 9.17) is 18.9 Å². The Morgan fingerprint density at radius 3 is 2.00 bits per heavy atom. The molecule has 0 saturated carbocycles. The van der Waals surface area contributed by atoms with Crippen LogP contribution in [0.1, 0.15) is 11.1 Å². The molecule has 1 aromatic heterocycles. The lowest BCUT2D eigenvalue weighted by atomic mass is 9.91. The molecule has 0 aliphatic carbocycles. The number of ether oxygens (including phenoxy) is 4. The Kier molecular flexibility index (Phi) is 4.55. The van der Waals surface area contributed by atoms with Gasteiger partial charge in [-0.3, -0.25) is 4.79 Å². The minimum Gasteiger partial charge on any atom is -0.493 e. The maximum absolute atomic E-state index is 13.3. The van der Waals surface area contributed by atoms with Gasteiger partial charge in [0.15, 0.2) is 23.0 Å². The molecule has 3 aromatic rings. The van der Waals surface area contributed by atoms with Crippen LogP contribution in [0.5, 0.6) is 23.0 Å². The molecule has 0 bridgehead atoms. The summed E-state index contributed by atoms with van der Waals surface area (Å²) < 4.78 is 23.2. The van der Waals surface area contributed by atoms with E-state index in [1.807, 2.05) is 12.1 Å². The van der Waals surface area contributed by atoms with Crippen LogP contribution in [0.25, 0.3) is 22.0 Å². The van der Waals surface area contributed by atoms with Crippen molar-refractivity contribution >= 4 is 10.8 Å². The third-order valence-electron chi connectivity index (χ3n) is 5.36. The fraction of sp³-hybridized carbons (Fsp3) is 0.273. The van der Waals surface area contributed by atoms with Crippen molar-refractivity contribution in [1.82, 2.24) is 4.57 Å². The van der Waals surface area contributed by atoms with Gasteiger partial charge in [0, 0.05) is 17.5 Å². The lowest BCUT2D eigenvalue weighted by Gasteiger charge is -2.25. The number of pyridine rings is 1. The maximum Gasteiger partial charge on any atom is 0.259 e. The van der Waals surface area contributed by atoms with Gasteiger partial charge >= 0.3 is 0 Å². The molecule has 0 saturated heterocycles. The third-order valence-corrected chi connectivity index (χ3v) is 5.36. The largest absolute Gasteiger partial charge is 0.493 e. The quantitative estimate of drug-likeness (QED) is 0.678. The van der Waals surface area contributed by atoms with Crippen molar-refractivity contribution in [3.63, 3.8) is 0 Å². The van der Waals surface area contributed by atoms with Crippen LogP contribution >= 0.6 is 0 Å². The highest BCUT2D eigenvalue weighted by molar-refractivity contribution is 5.95. The lowest BCUT2D eigenvalue weighted by molar-refractivity contribution is 0.354. The van der Waals surface area contributed by atoms with E-state index in [1.165, 1.54) is 14.2 Å². The summed E-state index contributed by atoms with van der Waals surface area (Å²) in [5.41, 5.74) is 2.61. The van der Waals surface area contributed by atoms with Crippen molar-refractivity contribution in [2.75, 3.05) is 28.4 Å². The second kappa shape index (κ2) is 7.06. The molecule has 1 aliphatic heterocycles. The van der Waals surface area contributed by atoms with Gasteiger partial charge in [-0.25, -0.2) is 0 Å². The molecule has 0 N–H and O–H groups in total. The Hall–Kier alpha value is -3.66. The summed E-state index contributed by atoms with van der Waals surface area (Å²) >= 11 is 0.